The van der Waals surface area contributed by atoms with Gasteiger partial charge in [-0.3, -0.25) is 23.2 Å². The fraction of sp³-hybridized carbons (Fsp3) is 0.889. The highest BCUT2D eigenvalue weighted by atomic mass is 31.3. The number of carbonyl (C=O) groups is 2. The Hall–Kier alpha value is -2.24. The molecule has 0 amide bonds. The number of unbranched alkanes of at least 4 members (excludes halogenated alkanes) is 28. The van der Waals surface area contributed by atoms with Crippen molar-refractivity contribution in [3.63, 3.8) is 0 Å². The van der Waals surface area contributed by atoms with Gasteiger partial charge in [-0.25, -0.2) is 13.9 Å². The average molecular weight is 1090 g/mol. The summed E-state index contributed by atoms with van der Waals surface area (Å²) in [5.74, 6) is 0.335. The van der Waals surface area contributed by atoms with E-state index in [-0.39, 0.29) is 18.7 Å². The zero-order chi connectivity index (χ0) is 54.5. The van der Waals surface area contributed by atoms with Gasteiger partial charge >= 0.3 is 33.3 Å². The largest absolute Gasteiger partial charge is 0.481 e. The summed E-state index contributed by atoms with van der Waals surface area (Å²) in [4.78, 5) is 62.1. The molecule has 0 aliphatic carbocycles. The standard InChI is InChI=1S/C54H101N3O15P2/c1-44(2)35-31-27-23-19-15-11-7-5-6-8-14-18-22-26-30-34-38-50(59)70-46(41-67-49(58)37-33-29-25-21-17-13-10-9-12-16-20-24-28-32-36-45(3)4)42-68-73(63,64)72-74(65,66)69-43-47-51(60)52(61)53(71-47)57-40-39-48(55)56-54(57)62/h39-40,44-47,51-53,60-61H,5-38,41-43H2,1-4H3,(H,63,64)(H,65,66)(H2,55,56,62)/t46-,47-,51+,52?,53-/m1/s1. The second-order valence-electron chi connectivity index (χ2n) is 21.5. The number of phosphoric acid groups is 2. The van der Waals surface area contributed by atoms with Gasteiger partial charge in [0.25, 0.3) is 0 Å². The second-order valence-corrected chi connectivity index (χ2v) is 24.5. The molecule has 3 unspecified atom stereocenters. The van der Waals surface area contributed by atoms with E-state index in [1.54, 1.807) is 0 Å². The number of aliphatic hydroxyl groups is 2. The molecule has 0 spiro atoms. The number of aliphatic hydroxyl groups excluding tert-OH is 2. The number of nitrogens with two attached hydrogens (primary N) is 1. The SMILES string of the molecule is CC(C)CCCCCCCCCCCCCCCCCCC(=O)O[C@H](COC(=O)CCCCCCCCCCCCCCCCC(C)C)COP(=O)(O)OP(=O)(O)OC[C@H]1O[C@@H](n2ccc(N)nc2=O)C(O)[C@H]1O. The van der Waals surface area contributed by atoms with Crippen molar-refractivity contribution in [2.45, 2.75) is 277 Å². The van der Waals surface area contributed by atoms with Gasteiger partial charge in [0.05, 0.1) is 13.2 Å². The summed E-state index contributed by atoms with van der Waals surface area (Å²) in [6, 6.07) is 1.25. The molecular formula is C54H101N3O15P2. The van der Waals surface area contributed by atoms with Crippen LogP contribution in [0.25, 0.3) is 0 Å². The molecule has 0 aromatic carbocycles. The van der Waals surface area contributed by atoms with Crippen LogP contribution in [0.15, 0.2) is 17.1 Å². The number of hydrogen-bond donors (Lipinski definition) is 5. The van der Waals surface area contributed by atoms with E-state index in [0.29, 0.717) is 12.8 Å². The number of nitrogen functional groups attached to an aromatic ring is 1. The molecule has 432 valence electrons. The van der Waals surface area contributed by atoms with E-state index in [1.165, 1.54) is 154 Å². The molecule has 1 saturated heterocycles. The summed E-state index contributed by atoms with van der Waals surface area (Å²) in [6.07, 6.45) is 31.8. The van der Waals surface area contributed by atoms with Crippen LogP contribution in [0.2, 0.25) is 0 Å². The zero-order valence-electron chi connectivity index (χ0n) is 46.0. The fourth-order valence-electron chi connectivity index (χ4n) is 9.10. The summed E-state index contributed by atoms with van der Waals surface area (Å²) in [6.45, 7) is 6.88. The Morgan fingerprint density at radius 3 is 1.42 bits per heavy atom. The first kappa shape index (κ1) is 67.9. The van der Waals surface area contributed by atoms with Crippen LogP contribution in [-0.4, -0.2) is 85.7 Å². The van der Waals surface area contributed by atoms with Crippen molar-refractivity contribution in [1.82, 2.24) is 9.55 Å². The first-order valence-electron chi connectivity index (χ1n) is 28.8. The molecule has 0 bridgehead atoms. The van der Waals surface area contributed by atoms with Crippen LogP contribution in [0, 0.1) is 11.8 Å². The van der Waals surface area contributed by atoms with E-state index in [2.05, 4.69) is 37.0 Å². The second kappa shape index (κ2) is 40.9. The number of ether oxygens (including phenoxy) is 3. The number of hydrogen-bond acceptors (Lipinski definition) is 15. The maximum Gasteiger partial charge on any atom is 0.481 e. The lowest BCUT2D eigenvalue weighted by atomic mass is 10.0. The average Bonchev–Trinajstić information content (AvgIpc) is 3.61. The molecule has 18 nitrogen and oxygen atoms in total. The van der Waals surface area contributed by atoms with Crippen molar-refractivity contribution in [3.8, 4) is 0 Å². The van der Waals surface area contributed by atoms with Gasteiger partial charge in [-0.15, -0.1) is 0 Å². The van der Waals surface area contributed by atoms with Gasteiger partial charge in [0.1, 0.15) is 30.7 Å². The molecule has 74 heavy (non-hydrogen) atoms. The van der Waals surface area contributed by atoms with E-state index in [0.717, 1.165) is 67.8 Å². The Labute approximate surface area is 444 Å². The summed E-state index contributed by atoms with van der Waals surface area (Å²) in [7, 11) is -10.8. The van der Waals surface area contributed by atoms with Crippen molar-refractivity contribution in [2.24, 2.45) is 11.8 Å². The molecule has 1 fully saturated rings. The van der Waals surface area contributed by atoms with Gasteiger partial charge in [-0.05, 0) is 30.7 Å². The van der Waals surface area contributed by atoms with Gasteiger partial charge < -0.3 is 39.9 Å². The smallest absolute Gasteiger partial charge is 0.462 e. The lowest BCUT2D eigenvalue weighted by Gasteiger charge is -2.21. The third-order valence-corrected chi connectivity index (χ3v) is 16.1. The maximum atomic E-state index is 12.9. The quantitative estimate of drug-likeness (QED) is 0.0231. The highest BCUT2D eigenvalue weighted by Gasteiger charge is 2.46. The summed E-state index contributed by atoms with van der Waals surface area (Å²) < 4.78 is 57.0. The van der Waals surface area contributed by atoms with E-state index >= 15 is 0 Å². The predicted octanol–water partition coefficient (Wildman–Crippen LogP) is 12.7. The Bertz CT molecular complexity index is 1770. The van der Waals surface area contributed by atoms with E-state index in [9.17, 15) is 43.5 Å². The monoisotopic (exact) mass is 1090 g/mol. The van der Waals surface area contributed by atoms with E-state index in [4.69, 9.17) is 29.0 Å². The van der Waals surface area contributed by atoms with Gasteiger partial charge in [-0.2, -0.15) is 9.29 Å². The minimum atomic E-state index is -5.42. The highest BCUT2D eigenvalue weighted by molar-refractivity contribution is 7.61. The van der Waals surface area contributed by atoms with Crippen LogP contribution >= 0.6 is 15.6 Å². The third kappa shape index (κ3) is 34.5. The van der Waals surface area contributed by atoms with E-state index in [1.807, 2.05) is 0 Å². The lowest BCUT2D eigenvalue weighted by molar-refractivity contribution is -0.161. The van der Waals surface area contributed by atoms with Crippen molar-refractivity contribution in [2.75, 3.05) is 25.6 Å². The van der Waals surface area contributed by atoms with E-state index < -0.39 is 83.7 Å². The molecule has 2 rings (SSSR count). The summed E-state index contributed by atoms with van der Waals surface area (Å²) >= 11 is 0. The Balaban J connectivity index is 1.74. The summed E-state index contributed by atoms with van der Waals surface area (Å²) in [5.41, 5.74) is 4.60. The van der Waals surface area contributed by atoms with Crippen molar-refractivity contribution in [3.05, 3.63) is 22.7 Å². The van der Waals surface area contributed by atoms with Crippen molar-refractivity contribution >= 4 is 33.4 Å². The molecule has 1 aliphatic rings. The maximum absolute atomic E-state index is 12.9. The fourth-order valence-corrected chi connectivity index (χ4v) is 11.2. The van der Waals surface area contributed by atoms with Crippen LogP contribution in [0.5, 0.6) is 0 Å². The molecule has 1 aliphatic heterocycles. The Morgan fingerprint density at radius 2 is 1.00 bits per heavy atom. The minimum absolute atomic E-state index is 0.0577. The normalized spacial score (nSPS) is 18.9. The molecule has 7 atom stereocenters. The van der Waals surface area contributed by atoms with Crippen LogP contribution in [0.4, 0.5) is 5.82 Å². The van der Waals surface area contributed by atoms with Crippen molar-refractivity contribution in [1.29, 1.82) is 0 Å². The Morgan fingerprint density at radius 1 is 0.608 bits per heavy atom. The first-order valence-corrected chi connectivity index (χ1v) is 31.8. The highest BCUT2D eigenvalue weighted by Crippen LogP contribution is 2.60. The van der Waals surface area contributed by atoms with Crippen LogP contribution in [0.1, 0.15) is 252 Å². The predicted molar refractivity (Wildman–Crippen MR) is 289 cm³/mol. The van der Waals surface area contributed by atoms with Crippen LogP contribution < -0.4 is 11.4 Å². The topological polar surface area (TPSA) is 265 Å². The molecule has 1 aromatic rings. The Kier molecular flexibility index (Phi) is 37.5. The number of anilines is 1. The van der Waals surface area contributed by atoms with Crippen molar-refractivity contribution < 1.29 is 66.3 Å². The molecule has 6 N–H and O–H groups in total. The number of phosphoric ester groups is 2. The van der Waals surface area contributed by atoms with Gasteiger partial charge in [0.2, 0.25) is 0 Å². The summed E-state index contributed by atoms with van der Waals surface area (Å²) in [5, 5.41) is 21.0. The molecular weight excluding hydrogens is 993 g/mol. The van der Waals surface area contributed by atoms with Crippen LogP contribution in [-0.2, 0) is 46.3 Å². The van der Waals surface area contributed by atoms with Gasteiger partial charge in [0.15, 0.2) is 12.3 Å². The number of carbonyl (C=O) groups excluding carboxylic acids is 2. The van der Waals surface area contributed by atoms with Crippen LogP contribution in [0.3, 0.4) is 0 Å². The third-order valence-electron chi connectivity index (χ3n) is 13.5. The van der Waals surface area contributed by atoms with Gasteiger partial charge in [0, 0.05) is 19.0 Å². The lowest BCUT2D eigenvalue weighted by Crippen LogP contribution is -2.36. The molecule has 0 radical (unpaired) electrons. The number of rotatable bonds is 48. The minimum Gasteiger partial charge on any atom is -0.462 e. The number of nitrogens with zero attached hydrogens (tertiary/aromatic N) is 2. The first-order chi connectivity index (χ1) is 35.4. The molecule has 20 heteroatoms. The number of aromatic nitrogens is 2. The molecule has 2 heterocycles. The number of esters is 2. The van der Waals surface area contributed by atoms with Gasteiger partial charge in [-0.1, -0.05) is 220 Å². The molecule has 0 saturated carbocycles. The zero-order valence-corrected chi connectivity index (χ0v) is 47.8. The molecule has 1 aromatic heterocycles.